The van der Waals surface area contributed by atoms with Crippen LogP contribution in [0.5, 0.6) is 0 Å². The van der Waals surface area contributed by atoms with Crippen molar-refractivity contribution >= 4 is 23.4 Å². The molecular formula is C11H20N4OS. The summed E-state index contributed by atoms with van der Waals surface area (Å²) in [4.78, 5) is 11.7. The first-order valence-electron chi connectivity index (χ1n) is 5.67. The highest BCUT2D eigenvalue weighted by Gasteiger charge is 2.11. The van der Waals surface area contributed by atoms with Crippen LogP contribution in [-0.4, -0.2) is 33.7 Å². The number of hydrogen-bond donors (Lipinski definition) is 3. The lowest BCUT2D eigenvalue weighted by Crippen LogP contribution is -2.17. The highest BCUT2D eigenvalue weighted by atomic mass is 32.2. The van der Waals surface area contributed by atoms with E-state index in [9.17, 15) is 4.79 Å². The van der Waals surface area contributed by atoms with Crippen LogP contribution in [0.4, 0.5) is 5.69 Å². The number of aromatic nitrogens is 2. The molecule has 0 fully saturated rings. The van der Waals surface area contributed by atoms with Crippen molar-refractivity contribution in [3.8, 4) is 0 Å². The Balaban J connectivity index is 2.40. The number of nitrogens with two attached hydrogens (primary N) is 1. The van der Waals surface area contributed by atoms with Crippen molar-refractivity contribution in [2.24, 2.45) is 5.73 Å². The second-order valence-corrected chi connectivity index (χ2v) is 5.48. The molecule has 0 saturated carbocycles. The third kappa shape index (κ3) is 4.40. The molecule has 5 nitrogen and oxygen atoms in total. The topological polar surface area (TPSA) is 83.8 Å². The maximum atomic E-state index is 11.7. The molecule has 1 atom stereocenters. The fraction of sp³-hybridized carbons (Fsp3) is 0.636. The number of aryl methyl sites for hydroxylation is 2. The number of amides is 1. The first kappa shape index (κ1) is 14.1. The Hall–Kier alpha value is -1.01. The Bertz CT molecular complexity index is 358. The van der Waals surface area contributed by atoms with Crippen LogP contribution in [0.15, 0.2) is 0 Å². The summed E-state index contributed by atoms with van der Waals surface area (Å²) in [7, 11) is 0. The summed E-state index contributed by atoms with van der Waals surface area (Å²) >= 11 is 1.62. The molecule has 0 aromatic carbocycles. The van der Waals surface area contributed by atoms with E-state index in [-0.39, 0.29) is 5.91 Å². The predicted molar refractivity (Wildman–Crippen MR) is 72.3 cm³/mol. The van der Waals surface area contributed by atoms with E-state index < -0.39 is 0 Å². The Morgan fingerprint density at radius 2 is 2.29 bits per heavy atom. The van der Waals surface area contributed by atoms with Gasteiger partial charge in [-0.15, -0.1) is 11.8 Å². The lowest BCUT2D eigenvalue weighted by Gasteiger charge is -2.09. The first-order chi connectivity index (χ1) is 8.04. The van der Waals surface area contributed by atoms with Crippen LogP contribution in [0.3, 0.4) is 0 Å². The zero-order chi connectivity index (χ0) is 12.8. The number of nitrogens with zero attached hydrogens (tertiary/aromatic N) is 1. The third-order valence-corrected chi connectivity index (χ3v) is 3.70. The number of H-pyrrole nitrogens is 1. The van der Waals surface area contributed by atoms with Crippen LogP contribution in [0.1, 0.15) is 24.7 Å². The van der Waals surface area contributed by atoms with Gasteiger partial charge in [-0.2, -0.15) is 5.10 Å². The summed E-state index contributed by atoms with van der Waals surface area (Å²) in [6.07, 6.45) is 0.932. The van der Waals surface area contributed by atoms with Crippen molar-refractivity contribution in [2.75, 3.05) is 17.6 Å². The summed E-state index contributed by atoms with van der Waals surface area (Å²) in [6.45, 7) is 6.50. The van der Waals surface area contributed by atoms with Gasteiger partial charge in [0.05, 0.1) is 22.8 Å². The second-order valence-electron chi connectivity index (χ2n) is 4.06. The van der Waals surface area contributed by atoms with E-state index in [1.165, 1.54) is 0 Å². The number of thioether (sulfide) groups is 1. The monoisotopic (exact) mass is 256 g/mol. The molecule has 1 rings (SSSR count). The number of nitrogens with one attached hydrogen (secondary N) is 2. The molecule has 0 aliphatic heterocycles. The van der Waals surface area contributed by atoms with Crippen LogP contribution in [0, 0.1) is 13.8 Å². The Labute approximate surface area is 106 Å². The van der Waals surface area contributed by atoms with Crippen molar-refractivity contribution in [1.29, 1.82) is 0 Å². The van der Waals surface area contributed by atoms with E-state index in [2.05, 4.69) is 22.4 Å². The summed E-state index contributed by atoms with van der Waals surface area (Å²) in [6, 6.07) is 0. The van der Waals surface area contributed by atoms with E-state index in [4.69, 9.17) is 5.73 Å². The number of carbonyl (C=O) groups excluding carboxylic acids is 1. The smallest absolute Gasteiger partial charge is 0.234 e. The number of aromatic amines is 1. The van der Waals surface area contributed by atoms with Gasteiger partial charge in [0.25, 0.3) is 0 Å². The molecule has 17 heavy (non-hydrogen) atoms. The molecule has 1 unspecified atom stereocenters. The Morgan fingerprint density at radius 3 is 2.82 bits per heavy atom. The molecule has 0 spiro atoms. The summed E-state index contributed by atoms with van der Waals surface area (Å²) in [5.41, 5.74) is 7.95. The molecule has 6 heteroatoms. The van der Waals surface area contributed by atoms with E-state index >= 15 is 0 Å². The van der Waals surface area contributed by atoms with E-state index in [1.54, 1.807) is 11.8 Å². The maximum absolute atomic E-state index is 11.7. The van der Waals surface area contributed by atoms with Crippen LogP contribution in [0.25, 0.3) is 0 Å². The van der Waals surface area contributed by atoms with Crippen molar-refractivity contribution in [3.05, 3.63) is 11.4 Å². The van der Waals surface area contributed by atoms with Crippen LogP contribution >= 0.6 is 11.8 Å². The summed E-state index contributed by atoms with van der Waals surface area (Å²) < 4.78 is 0. The highest BCUT2D eigenvalue weighted by Crippen LogP contribution is 2.18. The molecule has 0 aliphatic rings. The molecule has 1 aromatic rings. The van der Waals surface area contributed by atoms with Gasteiger partial charge in [0.2, 0.25) is 5.91 Å². The number of rotatable bonds is 6. The van der Waals surface area contributed by atoms with Gasteiger partial charge in [0.1, 0.15) is 0 Å². The summed E-state index contributed by atoms with van der Waals surface area (Å²) in [5.74, 6) is 0.456. The van der Waals surface area contributed by atoms with Crippen molar-refractivity contribution in [3.63, 3.8) is 0 Å². The zero-order valence-corrected chi connectivity index (χ0v) is 11.4. The minimum Gasteiger partial charge on any atom is -0.330 e. The molecule has 0 saturated heterocycles. The van der Waals surface area contributed by atoms with Gasteiger partial charge < -0.3 is 11.1 Å². The van der Waals surface area contributed by atoms with Crippen molar-refractivity contribution < 1.29 is 4.79 Å². The third-order valence-electron chi connectivity index (χ3n) is 2.46. The van der Waals surface area contributed by atoms with Gasteiger partial charge >= 0.3 is 0 Å². The van der Waals surface area contributed by atoms with Gasteiger partial charge in [0, 0.05) is 5.25 Å². The molecule has 0 aliphatic carbocycles. The Morgan fingerprint density at radius 1 is 1.59 bits per heavy atom. The molecule has 4 N–H and O–H groups in total. The first-order valence-corrected chi connectivity index (χ1v) is 6.72. The van der Waals surface area contributed by atoms with E-state index in [1.807, 2.05) is 13.8 Å². The van der Waals surface area contributed by atoms with E-state index in [0.717, 1.165) is 23.5 Å². The second kappa shape index (κ2) is 6.66. The van der Waals surface area contributed by atoms with Crippen molar-refractivity contribution in [2.45, 2.75) is 32.4 Å². The molecule has 1 heterocycles. The molecule has 96 valence electrons. The standard InChI is InChI=1S/C11H20N4OS/c1-7(4-5-12)17-6-10(16)13-11-8(2)14-15-9(11)3/h7H,4-6,12H2,1-3H3,(H,13,16)(H,14,15). The van der Waals surface area contributed by atoms with Gasteiger partial charge in [-0.05, 0) is 26.8 Å². The van der Waals surface area contributed by atoms with Gasteiger partial charge in [-0.1, -0.05) is 6.92 Å². The lowest BCUT2D eigenvalue weighted by molar-refractivity contribution is -0.113. The fourth-order valence-corrected chi connectivity index (χ4v) is 2.26. The molecule has 0 radical (unpaired) electrons. The van der Waals surface area contributed by atoms with Crippen LogP contribution in [0.2, 0.25) is 0 Å². The fourth-order valence-electron chi connectivity index (χ4n) is 1.45. The average molecular weight is 256 g/mol. The Kier molecular flexibility index (Phi) is 5.50. The zero-order valence-electron chi connectivity index (χ0n) is 10.5. The average Bonchev–Trinajstić information content (AvgIpc) is 2.58. The molecule has 1 amide bonds. The molecule has 0 bridgehead atoms. The van der Waals surface area contributed by atoms with Crippen LogP contribution < -0.4 is 11.1 Å². The maximum Gasteiger partial charge on any atom is 0.234 e. The lowest BCUT2D eigenvalue weighted by atomic mass is 10.3. The van der Waals surface area contributed by atoms with Gasteiger partial charge in [-0.3, -0.25) is 9.89 Å². The molecule has 1 aromatic heterocycles. The quantitative estimate of drug-likeness (QED) is 0.719. The van der Waals surface area contributed by atoms with Gasteiger partial charge in [0.15, 0.2) is 0 Å². The number of carbonyl (C=O) groups is 1. The van der Waals surface area contributed by atoms with Crippen LogP contribution in [-0.2, 0) is 4.79 Å². The predicted octanol–water partition coefficient (Wildman–Crippen LogP) is 1.44. The minimum absolute atomic E-state index is 0.00599. The number of hydrogen-bond acceptors (Lipinski definition) is 4. The highest BCUT2D eigenvalue weighted by molar-refractivity contribution is 8.00. The summed E-state index contributed by atoms with van der Waals surface area (Å²) in [5, 5.41) is 10.2. The normalized spacial score (nSPS) is 12.5. The SMILES string of the molecule is Cc1n[nH]c(C)c1NC(=O)CSC(C)CCN. The van der Waals surface area contributed by atoms with E-state index in [0.29, 0.717) is 17.5 Å². The molecular weight excluding hydrogens is 236 g/mol. The van der Waals surface area contributed by atoms with Crippen molar-refractivity contribution in [1.82, 2.24) is 10.2 Å². The largest absolute Gasteiger partial charge is 0.330 e. The minimum atomic E-state index is 0.00599. The van der Waals surface area contributed by atoms with Gasteiger partial charge in [-0.25, -0.2) is 0 Å². The number of anilines is 1.